The van der Waals surface area contributed by atoms with E-state index in [9.17, 15) is 0 Å². The molecule has 4 heterocycles. The minimum atomic E-state index is -0.188. The molecule has 0 bridgehead atoms. The van der Waals surface area contributed by atoms with E-state index in [0.717, 1.165) is 39.2 Å². The normalized spacial score (nSPS) is 13.7. The van der Waals surface area contributed by atoms with Crippen molar-refractivity contribution in [2.75, 3.05) is 19.8 Å². The Morgan fingerprint density at radius 3 is 2.85 bits per heavy atom. The van der Waals surface area contributed by atoms with E-state index in [0.29, 0.717) is 17.1 Å². The van der Waals surface area contributed by atoms with Crippen molar-refractivity contribution in [3.63, 3.8) is 0 Å². The number of hydrogen-bond acceptors (Lipinski definition) is 6. The summed E-state index contributed by atoms with van der Waals surface area (Å²) in [6.45, 7) is 1.93. The predicted molar refractivity (Wildman–Crippen MR) is 131 cm³/mol. The van der Waals surface area contributed by atoms with Crippen LogP contribution in [0.15, 0.2) is 69.1 Å². The predicted octanol–water partition coefficient (Wildman–Crippen LogP) is 0.853. The summed E-state index contributed by atoms with van der Waals surface area (Å²) in [6.07, 6.45) is 11.5. The van der Waals surface area contributed by atoms with Crippen LogP contribution in [0.4, 0.5) is 5.69 Å². The number of imidazole rings is 2. The number of nitrogen functional groups attached to an aromatic ring is 1. The molecule has 9 heteroatoms. The van der Waals surface area contributed by atoms with Crippen molar-refractivity contribution in [1.82, 2.24) is 29.4 Å². The van der Waals surface area contributed by atoms with Gasteiger partial charge in [-0.1, -0.05) is 0 Å². The van der Waals surface area contributed by atoms with Crippen molar-refractivity contribution in [3.8, 4) is 5.69 Å². The number of halogens is 1. The van der Waals surface area contributed by atoms with Gasteiger partial charge in [0.05, 0.1) is 5.69 Å². The number of aryl methyl sites for hydroxylation is 1. The van der Waals surface area contributed by atoms with Gasteiger partial charge in [-0.25, -0.2) is 4.98 Å². The molecule has 0 saturated heterocycles. The number of nitrogens with two attached hydrogens (primary N) is 1. The second-order valence-electron chi connectivity index (χ2n) is 8.19. The average Bonchev–Trinajstić information content (AvgIpc) is 3.37. The summed E-state index contributed by atoms with van der Waals surface area (Å²) in [7, 11) is 4.08. The molecule has 172 valence electrons. The van der Waals surface area contributed by atoms with Crippen molar-refractivity contribution >= 4 is 28.0 Å². The molecule has 0 unspecified atom stereocenters. The first-order valence-electron chi connectivity index (χ1n) is 10.6. The first kappa shape index (κ1) is 22.1. The van der Waals surface area contributed by atoms with E-state index in [1.165, 1.54) is 0 Å². The summed E-state index contributed by atoms with van der Waals surface area (Å²) < 4.78 is 6.43. The molecule has 1 aliphatic heterocycles. The molecule has 0 atom stereocenters. The number of aromatic nitrogens is 5. The Balaban J connectivity index is 1.54. The molecule has 0 saturated carbocycles. The number of pyridine rings is 1. The fourth-order valence-corrected chi connectivity index (χ4v) is 5.44. The number of aromatic amines is 1. The standard InChI is InChI=1S/C25H24IN8/c1-15-13-34(14-30-15)22-12-29-11-21-24(22)32-25(31-21)23(28)19-9-16(4-5-20(19)27)17-8-18(33(2)3)6-7-26-10-17/h4-14,28H,27H2,1-3H3,(H,31,32)/q-1. The first-order chi connectivity index (χ1) is 16.4. The molecule has 0 spiro atoms. The first-order valence-corrected chi connectivity index (χ1v) is 13.1. The van der Waals surface area contributed by atoms with Crippen LogP contribution in [-0.4, -0.2) is 49.2 Å². The van der Waals surface area contributed by atoms with E-state index in [1.54, 1.807) is 18.7 Å². The fourth-order valence-electron chi connectivity index (χ4n) is 3.73. The number of rotatable bonds is 5. The Bertz CT molecular complexity index is 1500. The van der Waals surface area contributed by atoms with Crippen LogP contribution in [0, 0.1) is 12.3 Å². The molecule has 0 fully saturated rings. The van der Waals surface area contributed by atoms with Gasteiger partial charge in [-0.3, -0.25) is 0 Å². The molecule has 4 aromatic rings. The summed E-state index contributed by atoms with van der Waals surface area (Å²) in [5.74, 6) is 0.443. The molecular weight excluding hydrogens is 539 g/mol. The number of nitrogens with one attached hydrogen (secondary N) is 2. The Hall–Kier alpha value is -3.73. The van der Waals surface area contributed by atoms with Crippen LogP contribution >= 0.6 is 0 Å². The molecule has 1 aromatic carbocycles. The molecule has 0 radical (unpaired) electrons. The number of likely N-dealkylation sites (N-methyl/N-ethyl adjacent to an activating group) is 1. The third-order valence-electron chi connectivity index (χ3n) is 5.56. The van der Waals surface area contributed by atoms with Crippen LogP contribution in [0.1, 0.15) is 22.6 Å². The zero-order chi connectivity index (χ0) is 23.8. The number of H-pyrrole nitrogens is 1. The number of nitrogens with zero attached hydrogens (tertiary/aromatic N) is 5. The maximum atomic E-state index is 8.92. The minimum Gasteiger partial charge on any atom is -0.242 e. The molecule has 0 aliphatic carbocycles. The van der Waals surface area contributed by atoms with Crippen molar-refractivity contribution in [1.29, 1.82) is 5.41 Å². The number of hydrogen-bond donors (Lipinski definition) is 3. The Morgan fingerprint density at radius 2 is 2.09 bits per heavy atom. The summed E-state index contributed by atoms with van der Waals surface area (Å²) >= 11 is -0.188. The second-order valence-corrected chi connectivity index (χ2v) is 10.2. The van der Waals surface area contributed by atoms with Gasteiger partial charge in [0.1, 0.15) is 0 Å². The van der Waals surface area contributed by atoms with Crippen LogP contribution in [-0.2, 0) is 0 Å². The van der Waals surface area contributed by atoms with Gasteiger partial charge < -0.3 is 0 Å². The fraction of sp³-hybridized carbons (Fsp3) is 0.120. The van der Waals surface area contributed by atoms with Gasteiger partial charge in [-0.15, -0.1) is 0 Å². The van der Waals surface area contributed by atoms with E-state index >= 15 is 0 Å². The van der Waals surface area contributed by atoms with Gasteiger partial charge in [0.25, 0.3) is 0 Å². The molecule has 0 amide bonds. The quantitative estimate of drug-likeness (QED) is 0.190. The van der Waals surface area contributed by atoms with Gasteiger partial charge in [0.15, 0.2) is 0 Å². The van der Waals surface area contributed by atoms with Crippen molar-refractivity contribution in [3.05, 3.63) is 91.8 Å². The van der Waals surface area contributed by atoms with E-state index < -0.39 is 0 Å². The SMILES string of the molecule is Cc1cn(-c2cncc3[nH]c(C(=N)c4cc(C5=C[I-]C=CC(N(C)C)=C5)ccc4N)nc23)cn1. The van der Waals surface area contributed by atoms with Crippen LogP contribution < -0.4 is 26.9 Å². The molecule has 34 heavy (non-hydrogen) atoms. The molecule has 1 aliphatic rings. The van der Waals surface area contributed by atoms with Gasteiger partial charge in [0.2, 0.25) is 0 Å². The van der Waals surface area contributed by atoms with Gasteiger partial charge in [0, 0.05) is 0 Å². The van der Waals surface area contributed by atoms with Gasteiger partial charge in [-0.05, 0) is 6.92 Å². The van der Waals surface area contributed by atoms with E-state index in [1.807, 2.05) is 50.0 Å². The van der Waals surface area contributed by atoms with Gasteiger partial charge >= 0.3 is 191 Å². The molecular formula is C25H24IN8-. The number of allylic oxidation sites excluding steroid dienone is 3. The third kappa shape index (κ3) is 4.14. The number of anilines is 1. The second kappa shape index (κ2) is 8.90. The molecule has 3 aromatic heterocycles. The summed E-state index contributed by atoms with van der Waals surface area (Å²) in [5, 5.41) is 8.92. The van der Waals surface area contributed by atoms with Crippen molar-refractivity contribution < 1.29 is 21.2 Å². The van der Waals surface area contributed by atoms with Crippen LogP contribution in [0.5, 0.6) is 0 Å². The summed E-state index contributed by atoms with van der Waals surface area (Å²) in [4.78, 5) is 18.7. The van der Waals surface area contributed by atoms with E-state index in [4.69, 9.17) is 16.1 Å². The third-order valence-corrected chi connectivity index (χ3v) is 7.37. The van der Waals surface area contributed by atoms with E-state index in [-0.39, 0.29) is 26.9 Å². The number of benzene rings is 1. The Labute approximate surface area is 207 Å². The van der Waals surface area contributed by atoms with E-state index in [2.05, 4.69) is 40.2 Å². The van der Waals surface area contributed by atoms with Crippen LogP contribution in [0.2, 0.25) is 0 Å². The maximum absolute atomic E-state index is 8.92. The van der Waals surface area contributed by atoms with Crippen LogP contribution in [0.25, 0.3) is 22.3 Å². The topological polar surface area (TPSA) is 112 Å². The zero-order valence-corrected chi connectivity index (χ0v) is 21.2. The molecule has 4 N–H and O–H groups in total. The molecule has 8 nitrogen and oxygen atoms in total. The summed E-state index contributed by atoms with van der Waals surface area (Å²) in [6, 6.07) is 5.86. The number of fused-ring (bicyclic) bond motifs is 1. The average molecular weight is 563 g/mol. The molecule has 5 rings (SSSR count). The zero-order valence-electron chi connectivity index (χ0n) is 19.0. The monoisotopic (exact) mass is 563 g/mol. The van der Waals surface area contributed by atoms with Crippen molar-refractivity contribution in [2.24, 2.45) is 0 Å². The Kier molecular flexibility index (Phi) is 5.78. The van der Waals surface area contributed by atoms with Crippen molar-refractivity contribution in [2.45, 2.75) is 6.92 Å². The summed E-state index contributed by atoms with van der Waals surface area (Å²) in [5.41, 5.74) is 14.2. The van der Waals surface area contributed by atoms with Gasteiger partial charge in [-0.2, -0.15) is 0 Å². The van der Waals surface area contributed by atoms with Crippen LogP contribution in [0.3, 0.4) is 0 Å². The Morgan fingerprint density at radius 1 is 1.24 bits per heavy atom. The smallest absolute Gasteiger partial charge is 0.242 e. The minimum absolute atomic E-state index is 0.188.